The first kappa shape index (κ1) is 19.5. The third-order valence-electron chi connectivity index (χ3n) is 4.00. The SMILES string of the molecule is CCNC(=NCc1c(CC)nn(C)c1CC)NCC(C)(C)OC. The molecule has 0 saturated carbocycles. The van der Waals surface area contributed by atoms with E-state index in [0.717, 1.165) is 31.0 Å². The smallest absolute Gasteiger partial charge is 0.191 e. The molecular weight excluding hydrogens is 290 g/mol. The van der Waals surface area contributed by atoms with Gasteiger partial charge in [0.25, 0.3) is 0 Å². The fourth-order valence-corrected chi connectivity index (χ4v) is 2.44. The number of ether oxygens (including phenoxy) is 1. The zero-order valence-electron chi connectivity index (χ0n) is 15.8. The van der Waals surface area contributed by atoms with Crippen LogP contribution in [0.4, 0.5) is 0 Å². The second-order valence-corrected chi connectivity index (χ2v) is 6.22. The molecule has 0 bridgehead atoms. The summed E-state index contributed by atoms with van der Waals surface area (Å²) in [6, 6.07) is 0. The second kappa shape index (κ2) is 8.91. The van der Waals surface area contributed by atoms with Gasteiger partial charge in [0.2, 0.25) is 0 Å². The van der Waals surface area contributed by atoms with Crippen LogP contribution in [0.3, 0.4) is 0 Å². The molecule has 0 aliphatic carbocycles. The van der Waals surface area contributed by atoms with Gasteiger partial charge >= 0.3 is 0 Å². The monoisotopic (exact) mass is 323 g/mol. The van der Waals surface area contributed by atoms with Crippen molar-refractivity contribution in [1.82, 2.24) is 20.4 Å². The lowest BCUT2D eigenvalue weighted by Crippen LogP contribution is -2.45. The Labute approximate surface area is 140 Å². The van der Waals surface area contributed by atoms with Gasteiger partial charge in [-0.3, -0.25) is 4.68 Å². The molecule has 0 unspecified atom stereocenters. The summed E-state index contributed by atoms with van der Waals surface area (Å²) in [6.07, 6.45) is 1.90. The topological polar surface area (TPSA) is 63.5 Å². The molecule has 0 aromatic carbocycles. The summed E-state index contributed by atoms with van der Waals surface area (Å²) in [5.41, 5.74) is 3.42. The van der Waals surface area contributed by atoms with Crippen molar-refractivity contribution in [3.63, 3.8) is 0 Å². The fourth-order valence-electron chi connectivity index (χ4n) is 2.44. The molecule has 0 fully saturated rings. The highest BCUT2D eigenvalue weighted by atomic mass is 16.5. The van der Waals surface area contributed by atoms with Crippen molar-refractivity contribution in [2.24, 2.45) is 12.0 Å². The number of methoxy groups -OCH3 is 1. The first-order valence-electron chi connectivity index (χ1n) is 8.49. The maximum absolute atomic E-state index is 5.45. The lowest BCUT2D eigenvalue weighted by atomic mass is 10.1. The van der Waals surface area contributed by atoms with Gasteiger partial charge in [0.1, 0.15) is 0 Å². The Bertz CT molecular complexity index is 519. The lowest BCUT2D eigenvalue weighted by Gasteiger charge is -2.24. The maximum Gasteiger partial charge on any atom is 0.191 e. The minimum atomic E-state index is -0.229. The van der Waals surface area contributed by atoms with E-state index < -0.39 is 0 Å². The van der Waals surface area contributed by atoms with Crippen molar-refractivity contribution in [1.29, 1.82) is 0 Å². The molecule has 1 rings (SSSR count). The van der Waals surface area contributed by atoms with Crippen LogP contribution in [-0.2, 0) is 31.2 Å². The molecule has 132 valence electrons. The van der Waals surface area contributed by atoms with Crippen LogP contribution in [0.1, 0.15) is 51.6 Å². The van der Waals surface area contributed by atoms with Gasteiger partial charge in [0, 0.05) is 38.5 Å². The van der Waals surface area contributed by atoms with Gasteiger partial charge in [-0.05, 0) is 33.6 Å². The lowest BCUT2D eigenvalue weighted by molar-refractivity contribution is 0.0268. The van der Waals surface area contributed by atoms with E-state index in [1.165, 1.54) is 11.3 Å². The second-order valence-electron chi connectivity index (χ2n) is 6.22. The van der Waals surface area contributed by atoms with E-state index in [9.17, 15) is 0 Å². The molecule has 1 heterocycles. The molecule has 6 nitrogen and oxygen atoms in total. The van der Waals surface area contributed by atoms with Crippen LogP contribution in [0.15, 0.2) is 4.99 Å². The summed E-state index contributed by atoms with van der Waals surface area (Å²) in [7, 11) is 3.73. The molecule has 23 heavy (non-hydrogen) atoms. The number of rotatable bonds is 8. The first-order chi connectivity index (χ1) is 10.9. The molecule has 1 aromatic rings. The summed E-state index contributed by atoms with van der Waals surface area (Å²) in [6.45, 7) is 12.6. The van der Waals surface area contributed by atoms with Crippen LogP contribution < -0.4 is 10.6 Å². The predicted octanol–water partition coefficient (Wildman–Crippen LogP) is 2.02. The maximum atomic E-state index is 5.45. The Hall–Kier alpha value is -1.56. The van der Waals surface area contributed by atoms with Crippen molar-refractivity contribution in [2.45, 2.75) is 59.6 Å². The third-order valence-corrected chi connectivity index (χ3v) is 4.00. The average molecular weight is 323 g/mol. The van der Waals surface area contributed by atoms with Gasteiger partial charge in [0.05, 0.1) is 17.8 Å². The molecule has 1 aromatic heterocycles. The number of nitrogens with zero attached hydrogens (tertiary/aromatic N) is 3. The number of nitrogens with one attached hydrogen (secondary N) is 2. The van der Waals surface area contributed by atoms with Gasteiger partial charge in [-0.25, -0.2) is 4.99 Å². The number of aliphatic imine (C=N–C) groups is 1. The van der Waals surface area contributed by atoms with E-state index in [1.807, 2.05) is 11.7 Å². The molecule has 0 atom stereocenters. The number of aryl methyl sites for hydroxylation is 2. The molecule has 2 N–H and O–H groups in total. The van der Waals surface area contributed by atoms with Crippen molar-refractivity contribution in [2.75, 3.05) is 20.2 Å². The van der Waals surface area contributed by atoms with Gasteiger partial charge in [-0.1, -0.05) is 13.8 Å². The summed E-state index contributed by atoms with van der Waals surface area (Å²) < 4.78 is 7.43. The van der Waals surface area contributed by atoms with Crippen molar-refractivity contribution >= 4 is 5.96 Å². The molecule has 0 spiro atoms. The van der Waals surface area contributed by atoms with E-state index in [0.29, 0.717) is 13.1 Å². The first-order valence-corrected chi connectivity index (χ1v) is 8.49. The van der Waals surface area contributed by atoms with Crippen LogP contribution in [-0.4, -0.2) is 41.5 Å². The quantitative estimate of drug-likeness (QED) is 0.567. The number of guanidine groups is 1. The van der Waals surface area contributed by atoms with Crippen molar-refractivity contribution in [3.8, 4) is 0 Å². The normalized spacial score (nSPS) is 12.6. The minimum absolute atomic E-state index is 0.229. The third kappa shape index (κ3) is 5.53. The highest BCUT2D eigenvalue weighted by Gasteiger charge is 2.17. The van der Waals surface area contributed by atoms with Crippen LogP contribution in [0, 0.1) is 0 Å². The Morgan fingerprint density at radius 3 is 2.43 bits per heavy atom. The standard InChI is InChI=1S/C17H33N5O/c1-8-14-13(15(9-2)22(6)21-14)11-19-16(18-10-3)20-12-17(4,5)23-7/h8-12H2,1-7H3,(H2,18,19,20). The summed E-state index contributed by atoms with van der Waals surface area (Å²) in [5, 5.41) is 11.2. The molecule has 0 aliphatic rings. The number of hydrogen-bond acceptors (Lipinski definition) is 3. The molecule has 6 heteroatoms. The minimum Gasteiger partial charge on any atom is -0.377 e. The van der Waals surface area contributed by atoms with Gasteiger partial charge in [-0.15, -0.1) is 0 Å². The van der Waals surface area contributed by atoms with Crippen molar-refractivity contribution < 1.29 is 4.74 Å². The van der Waals surface area contributed by atoms with E-state index in [4.69, 9.17) is 9.73 Å². The number of hydrogen-bond donors (Lipinski definition) is 2. The van der Waals surface area contributed by atoms with Gasteiger partial charge in [0.15, 0.2) is 5.96 Å². The highest BCUT2D eigenvalue weighted by molar-refractivity contribution is 5.79. The van der Waals surface area contributed by atoms with E-state index in [-0.39, 0.29) is 5.60 Å². The van der Waals surface area contributed by atoms with Crippen LogP contribution in [0.2, 0.25) is 0 Å². The Morgan fingerprint density at radius 2 is 1.91 bits per heavy atom. The van der Waals surface area contributed by atoms with E-state index in [1.54, 1.807) is 7.11 Å². The predicted molar refractivity (Wildman–Crippen MR) is 95.9 cm³/mol. The summed E-state index contributed by atoms with van der Waals surface area (Å²) in [4.78, 5) is 4.74. The zero-order chi connectivity index (χ0) is 17.5. The highest BCUT2D eigenvalue weighted by Crippen LogP contribution is 2.16. The summed E-state index contributed by atoms with van der Waals surface area (Å²) >= 11 is 0. The van der Waals surface area contributed by atoms with Crippen LogP contribution in [0.25, 0.3) is 0 Å². The van der Waals surface area contributed by atoms with Crippen molar-refractivity contribution in [3.05, 3.63) is 17.0 Å². The molecule has 0 saturated heterocycles. The average Bonchev–Trinajstić information content (AvgIpc) is 2.85. The molecule has 0 radical (unpaired) electrons. The van der Waals surface area contributed by atoms with Gasteiger partial charge in [-0.2, -0.15) is 5.10 Å². The molecule has 0 aliphatic heterocycles. The largest absolute Gasteiger partial charge is 0.377 e. The van der Waals surface area contributed by atoms with E-state index in [2.05, 4.69) is 50.4 Å². The fraction of sp³-hybridized carbons (Fsp3) is 0.765. The Balaban J connectivity index is 2.89. The molecule has 0 amide bonds. The summed E-state index contributed by atoms with van der Waals surface area (Å²) in [5.74, 6) is 0.811. The molecular formula is C17H33N5O. The van der Waals surface area contributed by atoms with Crippen LogP contribution in [0.5, 0.6) is 0 Å². The zero-order valence-corrected chi connectivity index (χ0v) is 15.8. The Morgan fingerprint density at radius 1 is 1.22 bits per heavy atom. The van der Waals surface area contributed by atoms with Gasteiger partial charge < -0.3 is 15.4 Å². The van der Waals surface area contributed by atoms with E-state index >= 15 is 0 Å². The van der Waals surface area contributed by atoms with Crippen LogP contribution >= 0.6 is 0 Å². The Kier molecular flexibility index (Phi) is 7.55. The number of aromatic nitrogens is 2.